The Morgan fingerprint density at radius 3 is 2.55 bits per heavy atom. The number of hydrogen-bond donors (Lipinski definition) is 0. The Kier molecular flexibility index (Phi) is 2.49. The molecule has 2 atom stereocenters. The van der Waals surface area contributed by atoms with Crippen LogP contribution >= 0.6 is 0 Å². The van der Waals surface area contributed by atoms with Gasteiger partial charge in [-0.1, -0.05) is 60.7 Å². The fraction of sp³-hybridized carbons (Fsp3) is 0.167. The van der Waals surface area contributed by atoms with Crippen molar-refractivity contribution in [1.82, 2.24) is 4.90 Å². The van der Waals surface area contributed by atoms with E-state index in [2.05, 4.69) is 30.4 Å². The van der Waals surface area contributed by atoms with Crippen LogP contribution in [0.2, 0.25) is 0 Å². The van der Waals surface area contributed by atoms with Crippen LogP contribution in [0.5, 0.6) is 0 Å². The molecule has 2 aliphatic rings. The molecule has 0 saturated carbocycles. The lowest BCUT2D eigenvalue weighted by molar-refractivity contribution is 0.0652. The molecule has 0 fully saturated rings. The van der Waals surface area contributed by atoms with Crippen LogP contribution in [-0.2, 0) is 0 Å². The van der Waals surface area contributed by atoms with Gasteiger partial charge in [-0.3, -0.25) is 4.79 Å². The van der Waals surface area contributed by atoms with Gasteiger partial charge >= 0.3 is 0 Å². The summed E-state index contributed by atoms with van der Waals surface area (Å²) in [5, 5.41) is 0. The van der Waals surface area contributed by atoms with Crippen molar-refractivity contribution in [3.8, 4) is 0 Å². The highest BCUT2D eigenvalue weighted by Gasteiger charge is 2.40. The van der Waals surface area contributed by atoms with Crippen LogP contribution in [-0.4, -0.2) is 10.8 Å². The third kappa shape index (κ3) is 1.54. The lowest BCUT2D eigenvalue weighted by atomic mass is 9.95. The second-order valence-electron chi connectivity index (χ2n) is 5.33. The molecule has 2 aromatic rings. The molecule has 0 radical (unpaired) electrons. The first-order valence-corrected chi connectivity index (χ1v) is 6.99. The van der Waals surface area contributed by atoms with Crippen molar-refractivity contribution in [2.24, 2.45) is 0 Å². The lowest BCUT2D eigenvalue weighted by Gasteiger charge is -2.35. The van der Waals surface area contributed by atoms with E-state index in [-0.39, 0.29) is 18.0 Å². The first-order valence-electron chi connectivity index (χ1n) is 6.99. The fourth-order valence-electron chi connectivity index (χ4n) is 3.32. The van der Waals surface area contributed by atoms with Crippen LogP contribution in [0, 0.1) is 0 Å². The SMILES string of the molecule is O=C1c2ccccc2[C@@H]2C=CC[C@@H](c3ccccc3)N12. The number of carbonyl (C=O) groups is 1. The summed E-state index contributed by atoms with van der Waals surface area (Å²) in [4.78, 5) is 14.7. The Morgan fingerprint density at radius 1 is 0.950 bits per heavy atom. The van der Waals surface area contributed by atoms with E-state index in [1.165, 1.54) is 5.56 Å². The van der Waals surface area contributed by atoms with Gasteiger partial charge in [0.1, 0.15) is 0 Å². The number of benzene rings is 2. The second-order valence-corrected chi connectivity index (χ2v) is 5.33. The highest BCUT2D eigenvalue weighted by atomic mass is 16.2. The van der Waals surface area contributed by atoms with Crippen molar-refractivity contribution in [2.45, 2.75) is 18.5 Å². The molecule has 4 rings (SSSR count). The predicted molar refractivity (Wildman–Crippen MR) is 78.3 cm³/mol. The first-order chi connectivity index (χ1) is 9.86. The van der Waals surface area contributed by atoms with Crippen LogP contribution in [0.15, 0.2) is 66.7 Å². The Balaban J connectivity index is 1.82. The van der Waals surface area contributed by atoms with Crippen molar-refractivity contribution in [3.05, 3.63) is 83.4 Å². The molecule has 0 N–H and O–H groups in total. The maximum atomic E-state index is 12.7. The zero-order valence-electron chi connectivity index (χ0n) is 11.1. The highest BCUT2D eigenvalue weighted by molar-refractivity contribution is 6.00. The van der Waals surface area contributed by atoms with Gasteiger partial charge in [-0.15, -0.1) is 0 Å². The Morgan fingerprint density at radius 2 is 1.70 bits per heavy atom. The van der Waals surface area contributed by atoms with Crippen LogP contribution in [0.25, 0.3) is 0 Å². The zero-order valence-corrected chi connectivity index (χ0v) is 11.1. The summed E-state index contributed by atoms with van der Waals surface area (Å²) in [6.45, 7) is 0. The van der Waals surface area contributed by atoms with Crippen molar-refractivity contribution in [2.75, 3.05) is 0 Å². The molecular formula is C18H15NO. The molecule has 2 aromatic carbocycles. The van der Waals surface area contributed by atoms with Crippen molar-refractivity contribution < 1.29 is 4.79 Å². The molecule has 2 nitrogen and oxygen atoms in total. The van der Waals surface area contributed by atoms with Gasteiger partial charge in [-0.05, 0) is 23.6 Å². The van der Waals surface area contributed by atoms with Gasteiger partial charge < -0.3 is 4.90 Å². The molecule has 0 bridgehead atoms. The topological polar surface area (TPSA) is 20.3 Å². The fourth-order valence-corrected chi connectivity index (χ4v) is 3.32. The van der Waals surface area contributed by atoms with Crippen LogP contribution in [0.4, 0.5) is 0 Å². The number of fused-ring (bicyclic) bond motifs is 3. The average Bonchev–Trinajstić information content (AvgIpc) is 2.82. The molecule has 2 heterocycles. The maximum Gasteiger partial charge on any atom is 0.255 e. The molecule has 0 spiro atoms. The van der Waals surface area contributed by atoms with Gasteiger partial charge in [-0.25, -0.2) is 0 Å². The zero-order chi connectivity index (χ0) is 13.5. The van der Waals surface area contributed by atoms with E-state index < -0.39 is 0 Å². The van der Waals surface area contributed by atoms with Gasteiger partial charge in [-0.2, -0.15) is 0 Å². The monoisotopic (exact) mass is 261 g/mol. The van der Waals surface area contributed by atoms with Crippen molar-refractivity contribution >= 4 is 5.91 Å². The first kappa shape index (κ1) is 11.5. The summed E-state index contributed by atoms with van der Waals surface area (Å²) in [5.74, 6) is 0.156. The van der Waals surface area contributed by atoms with Gasteiger partial charge in [0.25, 0.3) is 5.91 Å². The van der Waals surface area contributed by atoms with Crippen molar-refractivity contribution in [3.63, 3.8) is 0 Å². The predicted octanol–water partition coefficient (Wildman–Crippen LogP) is 3.88. The van der Waals surface area contributed by atoms with Gasteiger partial charge in [0, 0.05) is 5.56 Å². The largest absolute Gasteiger partial charge is 0.321 e. The van der Waals surface area contributed by atoms with Gasteiger partial charge in [0.05, 0.1) is 12.1 Å². The van der Waals surface area contributed by atoms with E-state index in [0.717, 1.165) is 17.5 Å². The minimum atomic E-state index is 0.0951. The van der Waals surface area contributed by atoms with Crippen LogP contribution in [0.1, 0.15) is 40.0 Å². The summed E-state index contributed by atoms with van der Waals surface area (Å²) in [6, 6.07) is 18.5. The number of amides is 1. The maximum absolute atomic E-state index is 12.7. The molecule has 2 heteroatoms. The summed E-state index contributed by atoms with van der Waals surface area (Å²) in [7, 11) is 0. The molecule has 0 unspecified atom stereocenters. The minimum absolute atomic E-state index is 0.0951. The standard InChI is InChI=1S/C18H15NO/c20-18-15-10-5-4-9-14(15)17-12-6-11-16(19(17)18)13-7-2-1-3-8-13/h1-10,12,16-17H,11H2/t16-,17-/m0/s1. The highest BCUT2D eigenvalue weighted by Crippen LogP contribution is 2.44. The summed E-state index contributed by atoms with van der Waals surface area (Å²) in [6.07, 6.45) is 5.25. The van der Waals surface area contributed by atoms with E-state index in [1.807, 2.05) is 41.3 Å². The Hall–Kier alpha value is -2.35. The molecule has 20 heavy (non-hydrogen) atoms. The Labute approximate surface area is 118 Å². The molecule has 0 saturated heterocycles. The van der Waals surface area contributed by atoms with Gasteiger partial charge in [0.2, 0.25) is 0 Å². The van der Waals surface area contributed by atoms with E-state index in [4.69, 9.17) is 0 Å². The molecule has 0 aliphatic carbocycles. The normalized spacial score (nSPS) is 23.6. The number of nitrogens with zero attached hydrogens (tertiary/aromatic N) is 1. The van der Waals surface area contributed by atoms with E-state index >= 15 is 0 Å². The van der Waals surface area contributed by atoms with E-state index in [0.29, 0.717) is 0 Å². The Bertz CT molecular complexity index is 690. The number of hydrogen-bond acceptors (Lipinski definition) is 1. The molecule has 98 valence electrons. The third-order valence-corrected chi connectivity index (χ3v) is 4.24. The van der Waals surface area contributed by atoms with E-state index in [1.54, 1.807) is 0 Å². The smallest absolute Gasteiger partial charge is 0.255 e. The molecule has 2 aliphatic heterocycles. The second kappa shape index (κ2) is 4.34. The summed E-state index contributed by atoms with van der Waals surface area (Å²) < 4.78 is 0. The summed E-state index contributed by atoms with van der Waals surface area (Å²) >= 11 is 0. The molecular weight excluding hydrogens is 246 g/mol. The quantitative estimate of drug-likeness (QED) is 0.713. The third-order valence-electron chi connectivity index (χ3n) is 4.24. The number of carbonyl (C=O) groups excluding carboxylic acids is 1. The molecule has 1 amide bonds. The number of rotatable bonds is 1. The average molecular weight is 261 g/mol. The van der Waals surface area contributed by atoms with E-state index in [9.17, 15) is 4.79 Å². The molecule has 0 aromatic heterocycles. The van der Waals surface area contributed by atoms with Gasteiger partial charge in [0.15, 0.2) is 0 Å². The van der Waals surface area contributed by atoms with Crippen molar-refractivity contribution in [1.29, 1.82) is 0 Å². The summed E-state index contributed by atoms with van der Waals surface area (Å²) in [5.41, 5.74) is 3.20. The minimum Gasteiger partial charge on any atom is -0.321 e. The van der Waals surface area contributed by atoms with Crippen LogP contribution < -0.4 is 0 Å². The lowest BCUT2D eigenvalue weighted by Crippen LogP contribution is -2.33. The van der Waals surface area contributed by atoms with Crippen LogP contribution in [0.3, 0.4) is 0 Å².